The lowest BCUT2D eigenvalue weighted by atomic mass is 10.0. The van der Waals surface area contributed by atoms with Crippen molar-refractivity contribution in [3.05, 3.63) is 23.8 Å². The lowest BCUT2D eigenvalue weighted by Crippen LogP contribution is -2.39. The highest BCUT2D eigenvalue weighted by Crippen LogP contribution is 2.30. The van der Waals surface area contributed by atoms with E-state index in [4.69, 9.17) is 4.74 Å². The number of ether oxygens (including phenoxy) is 1. The third-order valence-corrected chi connectivity index (χ3v) is 5.78. The predicted octanol–water partition coefficient (Wildman–Crippen LogP) is 2.04. The van der Waals surface area contributed by atoms with E-state index in [0.717, 1.165) is 30.6 Å². The maximum atomic E-state index is 12.6. The lowest BCUT2D eigenvalue weighted by molar-refractivity contribution is 0.281. The number of hydrogen-bond acceptors (Lipinski definition) is 3. The van der Waals surface area contributed by atoms with Gasteiger partial charge in [-0.15, -0.1) is 0 Å². The summed E-state index contributed by atoms with van der Waals surface area (Å²) in [6.07, 6.45) is 2.87. The van der Waals surface area contributed by atoms with Crippen molar-refractivity contribution in [3.8, 4) is 5.75 Å². The maximum absolute atomic E-state index is 12.6. The smallest absolute Gasteiger partial charge is 0.243 e. The molecule has 0 bridgehead atoms. The van der Waals surface area contributed by atoms with Gasteiger partial charge in [0.15, 0.2) is 0 Å². The van der Waals surface area contributed by atoms with Gasteiger partial charge in [-0.1, -0.05) is 6.92 Å². The summed E-state index contributed by atoms with van der Waals surface area (Å²) < 4.78 is 32.3. The fourth-order valence-corrected chi connectivity index (χ4v) is 4.49. The third kappa shape index (κ3) is 2.37. The largest absolute Gasteiger partial charge is 0.493 e. The van der Waals surface area contributed by atoms with Crippen molar-refractivity contribution in [2.45, 2.75) is 31.1 Å². The van der Waals surface area contributed by atoms with Crippen LogP contribution in [0.1, 0.15) is 25.3 Å². The van der Waals surface area contributed by atoms with Gasteiger partial charge in [0.25, 0.3) is 0 Å². The molecule has 2 heterocycles. The normalized spacial score (nSPS) is 23.9. The molecule has 1 atom stereocenters. The van der Waals surface area contributed by atoms with Gasteiger partial charge in [-0.05, 0) is 42.5 Å². The molecule has 0 saturated carbocycles. The van der Waals surface area contributed by atoms with E-state index in [2.05, 4.69) is 6.92 Å². The molecule has 3 rings (SSSR count). The molecule has 19 heavy (non-hydrogen) atoms. The molecule has 1 saturated heterocycles. The minimum atomic E-state index is -3.34. The Morgan fingerprint density at radius 1 is 1.37 bits per heavy atom. The minimum absolute atomic E-state index is 0.408. The van der Waals surface area contributed by atoms with Crippen LogP contribution in [-0.2, 0) is 16.4 Å². The molecule has 0 aliphatic carbocycles. The van der Waals surface area contributed by atoms with E-state index < -0.39 is 10.0 Å². The van der Waals surface area contributed by atoms with Crippen LogP contribution < -0.4 is 4.74 Å². The van der Waals surface area contributed by atoms with Crippen molar-refractivity contribution in [3.63, 3.8) is 0 Å². The summed E-state index contributed by atoms with van der Waals surface area (Å²) in [5.74, 6) is 1.27. The molecule has 2 aliphatic rings. The van der Waals surface area contributed by atoms with E-state index >= 15 is 0 Å². The van der Waals surface area contributed by atoms with Gasteiger partial charge in [-0.2, -0.15) is 4.31 Å². The Morgan fingerprint density at radius 3 is 3.00 bits per heavy atom. The average Bonchev–Trinajstić information content (AvgIpc) is 2.85. The highest BCUT2D eigenvalue weighted by atomic mass is 32.2. The zero-order valence-electron chi connectivity index (χ0n) is 11.1. The van der Waals surface area contributed by atoms with Crippen LogP contribution >= 0.6 is 0 Å². The van der Waals surface area contributed by atoms with Crippen LogP contribution in [0.5, 0.6) is 5.75 Å². The molecule has 0 spiro atoms. The topological polar surface area (TPSA) is 46.6 Å². The van der Waals surface area contributed by atoms with Gasteiger partial charge in [0, 0.05) is 19.5 Å². The van der Waals surface area contributed by atoms with Gasteiger partial charge in [0.1, 0.15) is 5.75 Å². The van der Waals surface area contributed by atoms with Crippen molar-refractivity contribution >= 4 is 10.0 Å². The standard InChI is InChI=1S/C14H19NO3S/c1-11-3-2-7-15(10-11)19(16,17)13-4-5-14-12(9-13)6-8-18-14/h4-5,9,11H,2-3,6-8,10H2,1H3/t11-/m1/s1. The Hall–Kier alpha value is -1.07. The molecule has 0 radical (unpaired) electrons. The molecule has 104 valence electrons. The average molecular weight is 281 g/mol. The van der Waals surface area contributed by atoms with Gasteiger partial charge < -0.3 is 4.74 Å². The van der Waals surface area contributed by atoms with Gasteiger partial charge in [-0.25, -0.2) is 8.42 Å². The molecule has 5 heteroatoms. The second-order valence-electron chi connectivity index (χ2n) is 5.48. The fraction of sp³-hybridized carbons (Fsp3) is 0.571. The van der Waals surface area contributed by atoms with Crippen molar-refractivity contribution < 1.29 is 13.2 Å². The third-order valence-electron chi connectivity index (χ3n) is 3.92. The molecule has 1 aromatic carbocycles. The van der Waals surface area contributed by atoms with E-state index in [1.54, 1.807) is 22.5 Å². The van der Waals surface area contributed by atoms with E-state index in [0.29, 0.717) is 30.5 Å². The summed E-state index contributed by atoms with van der Waals surface area (Å²) in [4.78, 5) is 0.408. The first-order valence-electron chi connectivity index (χ1n) is 6.83. The first-order chi connectivity index (χ1) is 9.07. The van der Waals surface area contributed by atoms with E-state index in [-0.39, 0.29) is 0 Å². The molecule has 2 aliphatic heterocycles. The molecular formula is C14H19NO3S. The maximum Gasteiger partial charge on any atom is 0.243 e. The lowest BCUT2D eigenvalue weighted by Gasteiger charge is -2.30. The first-order valence-corrected chi connectivity index (χ1v) is 8.27. The number of piperidine rings is 1. The van der Waals surface area contributed by atoms with Gasteiger partial charge in [0.05, 0.1) is 11.5 Å². The Bertz CT molecular complexity index is 582. The van der Waals surface area contributed by atoms with Gasteiger partial charge in [0.2, 0.25) is 10.0 Å². The SMILES string of the molecule is C[C@@H]1CCCN(S(=O)(=O)c2ccc3c(c2)CCO3)C1. The van der Waals surface area contributed by atoms with E-state index in [1.807, 2.05) is 0 Å². The number of benzene rings is 1. The zero-order valence-corrected chi connectivity index (χ0v) is 11.9. The molecule has 0 amide bonds. The van der Waals surface area contributed by atoms with E-state index in [9.17, 15) is 8.42 Å². The Morgan fingerprint density at radius 2 is 2.21 bits per heavy atom. The molecule has 0 aromatic heterocycles. The van der Waals surface area contributed by atoms with Crippen LogP contribution in [0.3, 0.4) is 0 Å². The predicted molar refractivity (Wildman–Crippen MR) is 72.8 cm³/mol. The Kier molecular flexibility index (Phi) is 3.27. The fourth-order valence-electron chi connectivity index (χ4n) is 2.84. The van der Waals surface area contributed by atoms with Gasteiger partial charge in [-0.3, -0.25) is 0 Å². The van der Waals surface area contributed by atoms with Crippen LogP contribution in [0.25, 0.3) is 0 Å². The quantitative estimate of drug-likeness (QED) is 0.833. The number of sulfonamides is 1. The number of fused-ring (bicyclic) bond motifs is 1. The Balaban J connectivity index is 1.91. The summed E-state index contributed by atoms with van der Waals surface area (Å²) in [7, 11) is -3.34. The van der Waals surface area contributed by atoms with Crippen LogP contribution in [-0.4, -0.2) is 32.4 Å². The number of hydrogen-bond donors (Lipinski definition) is 0. The van der Waals surface area contributed by atoms with Crippen LogP contribution in [0, 0.1) is 5.92 Å². The summed E-state index contributed by atoms with van der Waals surface area (Å²) in [6.45, 7) is 4.04. The van der Waals surface area contributed by atoms with Gasteiger partial charge >= 0.3 is 0 Å². The molecular weight excluding hydrogens is 262 g/mol. The number of nitrogens with zero attached hydrogens (tertiary/aromatic N) is 1. The Labute approximate surface area is 114 Å². The zero-order chi connectivity index (χ0) is 13.5. The second kappa shape index (κ2) is 4.80. The molecule has 1 fully saturated rings. The van der Waals surface area contributed by atoms with Crippen molar-refractivity contribution in [2.24, 2.45) is 5.92 Å². The van der Waals surface area contributed by atoms with Crippen LogP contribution in [0.15, 0.2) is 23.1 Å². The number of rotatable bonds is 2. The summed E-state index contributed by atoms with van der Waals surface area (Å²) in [5, 5.41) is 0. The van der Waals surface area contributed by atoms with Crippen molar-refractivity contribution in [2.75, 3.05) is 19.7 Å². The summed E-state index contributed by atoms with van der Waals surface area (Å²) in [5.41, 5.74) is 1.01. The van der Waals surface area contributed by atoms with Crippen molar-refractivity contribution in [1.29, 1.82) is 0 Å². The van der Waals surface area contributed by atoms with Crippen LogP contribution in [0.2, 0.25) is 0 Å². The molecule has 1 aromatic rings. The second-order valence-corrected chi connectivity index (χ2v) is 7.42. The summed E-state index contributed by atoms with van der Waals surface area (Å²) >= 11 is 0. The first kappa shape index (κ1) is 12.9. The molecule has 0 unspecified atom stereocenters. The van der Waals surface area contributed by atoms with Crippen LogP contribution in [0.4, 0.5) is 0 Å². The molecule has 0 N–H and O–H groups in total. The minimum Gasteiger partial charge on any atom is -0.493 e. The van der Waals surface area contributed by atoms with E-state index in [1.165, 1.54) is 0 Å². The highest BCUT2D eigenvalue weighted by Gasteiger charge is 2.29. The monoisotopic (exact) mass is 281 g/mol. The molecule has 4 nitrogen and oxygen atoms in total. The highest BCUT2D eigenvalue weighted by molar-refractivity contribution is 7.89. The van der Waals surface area contributed by atoms with Crippen molar-refractivity contribution in [1.82, 2.24) is 4.31 Å². The summed E-state index contributed by atoms with van der Waals surface area (Å²) in [6, 6.07) is 5.22.